The number of methoxy groups -OCH3 is 1. The van der Waals surface area contributed by atoms with Crippen LogP contribution in [-0.4, -0.2) is 36.5 Å². The average Bonchev–Trinajstić information content (AvgIpc) is 2.80. The van der Waals surface area contributed by atoms with Crippen molar-refractivity contribution in [3.8, 4) is 17.2 Å². The van der Waals surface area contributed by atoms with E-state index in [9.17, 15) is 14.4 Å². The van der Waals surface area contributed by atoms with Crippen molar-refractivity contribution < 1.29 is 23.8 Å². The van der Waals surface area contributed by atoms with Gasteiger partial charge in [-0.25, -0.2) is 0 Å². The summed E-state index contributed by atoms with van der Waals surface area (Å²) in [5.41, 5.74) is 1.61. The van der Waals surface area contributed by atoms with E-state index >= 15 is 0 Å². The minimum Gasteiger partial charge on any atom is -0.496 e. The Morgan fingerprint density at radius 1 is 1.21 bits per heavy atom. The Bertz CT molecular complexity index is 1150. The normalized spacial score (nSPS) is 18.2. The fourth-order valence-electron chi connectivity index (χ4n) is 4.43. The van der Waals surface area contributed by atoms with Gasteiger partial charge in [-0.1, -0.05) is 11.6 Å². The van der Waals surface area contributed by atoms with Crippen LogP contribution in [0.25, 0.3) is 0 Å². The molecule has 1 aliphatic heterocycles. The molecule has 33 heavy (non-hydrogen) atoms. The lowest BCUT2D eigenvalue weighted by atomic mass is 9.84. The topological polar surface area (TPSA) is 107 Å². The number of halogens is 1. The Kier molecular flexibility index (Phi) is 6.65. The lowest BCUT2D eigenvalue weighted by molar-refractivity contribution is -0.121. The van der Waals surface area contributed by atoms with Gasteiger partial charge in [0.1, 0.15) is 24.2 Å². The number of nitrogens with one attached hydrogen (secondary N) is 2. The Hall–Kier alpha value is -3.00. The molecule has 0 saturated heterocycles. The van der Waals surface area contributed by atoms with E-state index in [0.29, 0.717) is 59.1 Å². The molecule has 1 aromatic heterocycles. The van der Waals surface area contributed by atoms with Crippen LogP contribution in [0.2, 0.25) is 5.02 Å². The number of rotatable bonds is 5. The van der Waals surface area contributed by atoms with Gasteiger partial charge < -0.3 is 24.5 Å². The van der Waals surface area contributed by atoms with E-state index in [1.54, 1.807) is 26.0 Å². The lowest BCUT2D eigenvalue weighted by Gasteiger charge is -2.35. The first-order valence-electron chi connectivity index (χ1n) is 11.0. The molecule has 2 N–H and O–H groups in total. The van der Waals surface area contributed by atoms with Crippen LogP contribution in [-0.2, 0) is 11.3 Å². The number of carbonyl (C=O) groups is 2. The summed E-state index contributed by atoms with van der Waals surface area (Å²) < 4.78 is 17.5. The summed E-state index contributed by atoms with van der Waals surface area (Å²) in [6.45, 7) is 3.87. The molecule has 1 atom stereocenters. The predicted molar refractivity (Wildman–Crippen MR) is 123 cm³/mol. The zero-order valence-electron chi connectivity index (χ0n) is 18.9. The second-order valence-corrected chi connectivity index (χ2v) is 8.95. The SMILES string of the molecule is COc1cc(C)[nH]c(=O)c1CNC(=O)c1cc(Cl)c2c(c1C)OC(C1CCC(=O)CC1)CO2. The van der Waals surface area contributed by atoms with E-state index in [1.165, 1.54) is 7.11 Å². The van der Waals surface area contributed by atoms with Gasteiger partial charge in [-0.15, -0.1) is 0 Å². The monoisotopic (exact) mass is 474 g/mol. The molecule has 1 aliphatic carbocycles. The maximum atomic E-state index is 13.0. The number of hydrogen-bond donors (Lipinski definition) is 2. The zero-order chi connectivity index (χ0) is 23.7. The molecule has 0 radical (unpaired) electrons. The number of amides is 1. The number of Topliss-reactive ketones (excluding diaryl/α,β-unsaturated/α-hetero) is 1. The van der Waals surface area contributed by atoms with E-state index in [-0.39, 0.29) is 34.9 Å². The third-order valence-corrected chi connectivity index (χ3v) is 6.61. The van der Waals surface area contributed by atoms with Gasteiger partial charge in [-0.2, -0.15) is 0 Å². The minimum atomic E-state index is -0.395. The molecule has 9 heteroatoms. The maximum Gasteiger partial charge on any atom is 0.256 e. The fraction of sp³-hybridized carbons (Fsp3) is 0.458. The number of aromatic amines is 1. The van der Waals surface area contributed by atoms with Crippen molar-refractivity contribution in [3.05, 3.63) is 49.9 Å². The lowest BCUT2D eigenvalue weighted by Crippen LogP contribution is -2.38. The Morgan fingerprint density at radius 3 is 2.64 bits per heavy atom. The van der Waals surface area contributed by atoms with E-state index in [0.717, 1.165) is 12.8 Å². The first kappa shape index (κ1) is 23.2. The first-order chi connectivity index (χ1) is 15.8. The highest BCUT2D eigenvalue weighted by molar-refractivity contribution is 6.32. The standard InChI is InChI=1S/C24H27ClN2O6/c1-12-8-19(31-3)17(24(30)27-12)10-26-23(29)16-9-18(25)22-21(13(16)2)33-20(11-32-22)14-4-6-15(28)7-5-14/h8-9,14,20H,4-7,10-11H2,1-3H3,(H,26,29)(H,27,30). The number of fused-ring (bicyclic) bond motifs is 1. The molecule has 1 aromatic carbocycles. The number of ether oxygens (including phenoxy) is 3. The van der Waals surface area contributed by atoms with E-state index in [1.807, 2.05) is 0 Å². The highest BCUT2D eigenvalue weighted by Crippen LogP contribution is 2.44. The summed E-state index contributed by atoms with van der Waals surface area (Å²) in [6, 6.07) is 3.25. The van der Waals surface area contributed by atoms with Crippen LogP contribution in [0.15, 0.2) is 16.9 Å². The van der Waals surface area contributed by atoms with Crippen LogP contribution < -0.4 is 25.1 Å². The second-order valence-electron chi connectivity index (χ2n) is 8.54. The predicted octanol–water partition coefficient (Wildman–Crippen LogP) is 3.48. The van der Waals surface area contributed by atoms with Gasteiger partial charge in [0.25, 0.3) is 11.5 Å². The number of aryl methyl sites for hydroxylation is 1. The molecule has 176 valence electrons. The number of pyridine rings is 1. The molecule has 1 saturated carbocycles. The molecule has 2 aliphatic rings. The molecule has 1 fully saturated rings. The van der Waals surface area contributed by atoms with Crippen molar-refractivity contribution in [1.82, 2.24) is 10.3 Å². The molecule has 2 heterocycles. The third kappa shape index (κ3) is 4.71. The summed E-state index contributed by atoms with van der Waals surface area (Å²) in [6.07, 6.45) is 2.45. The molecule has 4 rings (SSSR count). The van der Waals surface area contributed by atoms with Crippen molar-refractivity contribution in [2.75, 3.05) is 13.7 Å². The van der Waals surface area contributed by atoms with Crippen LogP contribution >= 0.6 is 11.6 Å². The quantitative estimate of drug-likeness (QED) is 0.687. The van der Waals surface area contributed by atoms with Crippen molar-refractivity contribution in [2.45, 2.75) is 52.2 Å². The Morgan fingerprint density at radius 2 is 1.94 bits per heavy atom. The van der Waals surface area contributed by atoms with Gasteiger partial charge in [-0.05, 0) is 38.8 Å². The summed E-state index contributed by atoms with van der Waals surface area (Å²) in [7, 11) is 1.48. The summed E-state index contributed by atoms with van der Waals surface area (Å²) >= 11 is 6.42. The van der Waals surface area contributed by atoms with E-state index < -0.39 is 5.91 Å². The minimum absolute atomic E-state index is 0.0121. The Labute approximate surface area is 196 Å². The van der Waals surface area contributed by atoms with Crippen LogP contribution in [0.1, 0.15) is 52.9 Å². The fourth-order valence-corrected chi connectivity index (χ4v) is 4.68. The second kappa shape index (κ2) is 9.47. The highest BCUT2D eigenvalue weighted by Gasteiger charge is 2.34. The van der Waals surface area contributed by atoms with Crippen LogP contribution in [0.3, 0.4) is 0 Å². The highest BCUT2D eigenvalue weighted by atomic mass is 35.5. The summed E-state index contributed by atoms with van der Waals surface area (Å²) in [5, 5.41) is 3.05. The van der Waals surface area contributed by atoms with Gasteiger partial charge >= 0.3 is 0 Å². The van der Waals surface area contributed by atoms with Crippen molar-refractivity contribution in [2.24, 2.45) is 5.92 Å². The first-order valence-corrected chi connectivity index (χ1v) is 11.4. The number of H-pyrrole nitrogens is 1. The molecule has 8 nitrogen and oxygen atoms in total. The number of aromatic nitrogens is 1. The molecule has 2 aromatic rings. The van der Waals surface area contributed by atoms with Crippen molar-refractivity contribution in [3.63, 3.8) is 0 Å². The largest absolute Gasteiger partial charge is 0.496 e. The molecular formula is C24H27ClN2O6. The Balaban J connectivity index is 1.54. The molecule has 1 unspecified atom stereocenters. The summed E-state index contributed by atoms with van der Waals surface area (Å²) in [4.78, 5) is 39.6. The van der Waals surface area contributed by atoms with E-state index in [4.69, 9.17) is 25.8 Å². The van der Waals surface area contributed by atoms with Crippen LogP contribution in [0, 0.1) is 19.8 Å². The molecule has 0 spiro atoms. The smallest absolute Gasteiger partial charge is 0.256 e. The number of hydrogen-bond acceptors (Lipinski definition) is 6. The number of ketones is 1. The van der Waals surface area contributed by atoms with Gasteiger partial charge in [-0.3, -0.25) is 14.4 Å². The van der Waals surface area contributed by atoms with Crippen LogP contribution in [0.4, 0.5) is 0 Å². The maximum absolute atomic E-state index is 13.0. The molecular weight excluding hydrogens is 448 g/mol. The van der Waals surface area contributed by atoms with Crippen molar-refractivity contribution >= 4 is 23.3 Å². The third-order valence-electron chi connectivity index (χ3n) is 6.33. The summed E-state index contributed by atoms with van der Waals surface area (Å²) in [5.74, 6) is 1.38. The van der Waals surface area contributed by atoms with Gasteiger partial charge in [0.2, 0.25) is 0 Å². The number of carbonyl (C=O) groups excluding carboxylic acids is 2. The van der Waals surface area contributed by atoms with Gasteiger partial charge in [0.05, 0.1) is 24.2 Å². The average molecular weight is 475 g/mol. The van der Waals surface area contributed by atoms with Crippen molar-refractivity contribution in [1.29, 1.82) is 0 Å². The van der Waals surface area contributed by atoms with Gasteiger partial charge in [0.15, 0.2) is 11.5 Å². The van der Waals surface area contributed by atoms with E-state index in [2.05, 4.69) is 10.3 Å². The molecule has 0 bridgehead atoms. The van der Waals surface area contributed by atoms with Gasteiger partial charge in [0, 0.05) is 35.6 Å². The molecule has 1 amide bonds. The zero-order valence-corrected chi connectivity index (χ0v) is 19.6. The van der Waals surface area contributed by atoms with Crippen LogP contribution in [0.5, 0.6) is 17.2 Å². The number of benzene rings is 1.